The number of fused-ring (bicyclic) bond motifs is 9. The fraction of sp³-hybridized carbons (Fsp3) is 0.0385. The van der Waals surface area contributed by atoms with E-state index in [1.807, 2.05) is 34.8 Å². The fourth-order valence-corrected chi connectivity index (χ4v) is 11.0. The van der Waals surface area contributed by atoms with Gasteiger partial charge >= 0.3 is 0 Å². The van der Waals surface area contributed by atoms with Crippen LogP contribution in [-0.2, 0) is 6.42 Å². The topological polar surface area (TPSA) is 30.7 Å². The monoisotopic (exact) mass is 763 g/mol. The van der Waals surface area contributed by atoms with Gasteiger partial charge in [-0.05, 0) is 114 Å². The number of hydrogen-bond donors (Lipinski definition) is 0. The summed E-state index contributed by atoms with van der Waals surface area (Å²) in [5, 5.41) is 6.40. The van der Waals surface area contributed by atoms with Gasteiger partial charge in [0.15, 0.2) is 5.82 Å². The molecule has 0 saturated heterocycles. The summed E-state index contributed by atoms with van der Waals surface area (Å²) in [4.78, 5) is 11.7. The van der Waals surface area contributed by atoms with Crippen LogP contribution >= 0.6 is 22.7 Å². The molecule has 5 heteroatoms. The van der Waals surface area contributed by atoms with Crippen LogP contribution in [-0.4, -0.2) is 14.5 Å². The molecule has 4 aromatic heterocycles. The molecule has 0 fully saturated rings. The summed E-state index contributed by atoms with van der Waals surface area (Å²) < 4.78 is 6.35. The van der Waals surface area contributed by atoms with E-state index in [1.165, 1.54) is 79.3 Å². The highest BCUT2D eigenvalue weighted by Crippen LogP contribution is 2.42. The maximum absolute atomic E-state index is 5.13. The first-order valence-electron chi connectivity index (χ1n) is 19.4. The van der Waals surface area contributed by atoms with Crippen LogP contribution in [0.3, 0.4) is 0 Å². The molecule has 1 aliphatic rings. The number of thiophene rings is 2. The molecular weight excluding hydrogens is 731 g/mol. The maximum atomic E-state index is 5.13. The zero-order valence-electron chi connectivity index (χ0n) is 30.8. The van der Waals surface area contributed by atoms with Crippen LogP contribution in [0.1, 0.15) is 16.9 Å². The molecule has 0 radical (unpaired) electrons. The number of aromatic nitrogens is 3. The lowest BCUT2D eigenvalue weighted by atomic mass is 10.00. The van der Waals surface area contributed by atoms with Crippen LogP contribution in [0, 0.1) is 0 Å². The molecule has 4 heterocycles. The first-order chi connectivity index (χ1) is 28.2. The Morgan fingerprint density at radius 2 is 1.04 bits per heavy atom. The van der Waals surface area contributed by atoms with E-state index in [1.54, 1.807) is 0 Å². The average molecular weight is 764 g/mol. The van der Waals surface area contributed by atoms with Crippen LogP contribution in [0.5, 0.6) is 0 Å². The molecule has 12 rings (SSSR count). The molecule has 0 unspecified atom stereocenters. The zero-order valence-corrected chi connectivity index (χ0v) is 32.4. The van der Waals surface area contributed by atoms with Crippen LogP contribution < -0.4 is 0 Å². The van der Waals surface area contributed by atoms with Crippen molar-refractivity contribution >= 4 is 80.8 Å². The summed E-state index contributed by atoms with van der Waals surface area (Å²) in [5.41, 5.74) is 12.6. The molecular formula is C52H33N3S2. The van der Waals surface area contributed by atoms with Gasteiger partial charge in [0.05, 0.1) is 22.4 Å². The second kappa shape index (κ2) is 13.0. The summed E-state index contributed by atoms with van der Waals surface area (Å²) in [7, 11) is 0. The summed E-state index contributed by atoms with van der Waals surface area (Å²) in [6, 6.07) is 59.4. The lowest BCUT2D eigenvalue weighted by molar-refractivity contribution is 1.01. The van der Waals surface area contributed by atoms with E-state index in [0.717, 1.165) is 46.7 Å². The first-order valence-corrected chi connectivity index (χ1v) is 21.1. The van der Waals surface area contributed by atoms with Crippen molar-refractivity contribution in [3.63, 3.8) is 0 Å². The molecule has 0 amide bonds. The van der Waals surface area contributed by atoms with Crippen LogP contribution in [0.4, 0.5) is 0 Å². The van der Waals surface area contributed by atoms with Gasteiger partial charge in [-0.25, -0.2) is 9.97 Å². The molecule has 57 heavy (non-hydrogen) atoms. The predicted molar refractivity (Wildman–Crippen MR) is 244 cm³/mol. The molecule has 11 aromatic rings. The summed E-state index contributed by atoms with van der Waals surface area (Å²) in [5.74, 6) is 0.726. The number of para-hydroxylation sites is 1. The van der Waals surface area contributed by atoms with Gasteiger partial charge < -0.3 is 4.57 Å². The van der Waals surface area contributed by atoms with Crippen molar-refractivity contribution in [2.24, 2.45) is 0 Å². The number of aryl methyl sites for hydroxylation is 1. The Balaban J connectivity index is 0.978. The number of rotatable bonds is 5. The first kappa shape index (κ1) is 32.6. The number of benzene rings is 7. The van der Waals surface area contributed by atoms with Crippen molar-refractivity contribution < 1.29 is 0 Å². The van der Waals surface area contributed by atoms with Crippen molar-refractivity contribution in [2.45, 2.75) is 12.8 Å². The highest BCUT2D eigenvalue weighted by molar-refractivity contribution is 7.25. The third-order valence-electron chi connectivity index (χ3n) is 11.5. The van der Waals surface area contributed by atoms with Crippen LogP contribution in [0.15, 0.2) is 170 Å². The van der Waals surface area contributed by atoms with Gasteiger partial charge in [-0.2, -0.15) is 0 Å². The number of nitrogens with zero attached hydrogens (tertiary/aromatic N) is 3. The van der Waals surface area contributed by atoms with Crippen molar-refractivity contribution in [1.29, 1.82) is 0 Å². The Hall–Kier alpha value is -6.66. The minimum Gasteiger partial charge on any atom is -0.309 e. The van der Waals surface area contributed by atoms with Gasteiger partial charge in [0.1, 0.15) is 0 Å². The van der Waals surface area contributed by atoms with Gasteiger partial charge in [0, 0.05) is 62.9 Å². The van der Waals surface area contributed by atoms with Gasteiger partial charge in [-0.1, -0.05) is 97.1 Å². The smallest absolute Gasteiger partial charge is 0.160 e. The molecule has 268 valence electrons. The lowest BCUT2D eigenvalue weighted by Crippen LogP contribution is -1.95. The minimum absolute atomic E-state index is 0.726. The minimum atomic E-state index is 0.726. The van der Waals surface area contributed by atoms with E-state index in [9.17, 15) is 0 Å². The molecule has 1 aliphatic carbocycles. The van der Waals surface area contributed by atoms with E-state index < -0.39 is 0 Å². The van der Waals surface area contributed by atoms with Crippen molar-refractivity contribution in [2.75, 3.05) is 0 Å². The SMILES string of the molecule is C1=Cc2sc3ccc(-n4c5ccccc5c5cc(-c6ccc7sc8ccc(-c9nc(-c%10ccccc%10)cc(-c%10ccccc%10)n9)cc8c7c6)ccc54)cc3c2CC1. The standard InChI is InChI=1S/C52H33N3S2/c1-3-11-32(12-4-1)44-31-45(33-13-5-2-6-14-33)54-52(53-44)36-21-25-50-42(29-36)41-28-35(20-24-49(41)57-50)34-19-23-47-40(27-34)38-15-7-9-17-46(38)55(47)37-22-26-51-43(30-37)39-16-8-10-18-48(39)56-51/h1-7,9-15,17-31H,8,16H2. The van der Waals surface area contributed by atoms with Gasteiger partial charge in [-0.3, -0.25) is 0 Å². The van der Waals surface area contributed by atoms with Crippen LogP contribution in [0.25, 0.3) is 109 Å². The molecule has 0 spiro atoms. The Morgan fingerprint density at radius 1 is 0.439 bits per heavy atom. The van der Waals surface area contributed by atoms with E-state index in [-0.39, 0.29) is 0 Å². The number of hydrogen-bond acceptors (Lipinski definition) is 4. The normalized spacial score (nSPS) is 12.7. The largest absolute Gasteiger partial charge is 0.309 e. The third kappa shape index (κ3) is 5.38. The zero-order chi connectivity index (χ0) is 37.5. The Morgan fingerprint density at radius 3 is 1.79 bits per heavy atom. The molecule has 7 aromatic carbocycles. The predicted octanol–water partition coefficient (Wildman–Crippen LogP) is 14.8. The van der Waals surface area contributed by atoms with Crippen LogP contribution in [0.2, 0.25) is 0 Å². The molecule has 0 aliphatic heterocycles. The highest BCUT2D eigenvalue weighted by atomic mass is 32.1. The Labute approximate surface area is 337 Å². The van der Waals surface area contributed by atoms with E-state index >= 15 is 0 Å². The molecule has 0 bridgehead atoms. The molecule has 0 atom stereocenters. The Kier molecular flexibility index (Phi) is 7.40. The van der Waals surface area contributed by atoms with E-state index in [4.69, 9.17) is 9.97 Å². The Bertz CT molecular complexity index is 3350. The lowest BCUT2D eigenvalue weighted by Gasteiger charge is -2.10. The highest BCUT2D eigenvalue weighted by Gasteiger charge is 2.18. The van der Waals surface area contributed by atoms with E-state index in [0.29, 0.717) is 0 Å². The molecule has 3 nitrogen and oxygen atoms in total. The maximum Gasteiger partial charge on any atom is 0.160 e. The van der Waals surface area contributed by atoms with Gasteiger partial charge in [0.25, 0.3) is 0 Å². The van der Waals surface area contributed by atoms with E-state index in [2.05, 4.69) is 168 Å². The average Bonchev–Trinajstić information content (AvgIpc) is 3.95. The van der Waals surface area contributed by atoms with Gasteiger partial charge in [-0.15, -0.1) is 22.7 Å². The van der Waals surface area contributed by atoms with Crippen molar-refractivity contribution in [3.8, 4) is 50.7 Å². The summed E-state index contributed by atoms with van der Waals surface area (Å²) >= 11 is 3.75. The van der Waals surface area contributed by atoms with Crippen molar-refractivity contribution in [1.82, 2.24) is 14.5 Å². The van der Waals surface area contributed by atoms with Gasteiger partial charge in [0.2, 0.25) is 0 Å². The summed E-state index contributed by atoms with van der Waals surface area (Å²) in [6.07, 6.45) is 6.84. The van der Waals surface area contributed by atoms with Crippen molar-refractivity contribution in [3.05, 3.63) is 180 Å². The molecule has 0 saturated carbocycles. The molecule has 0 N–H and O–H groups in total. The quantitative estimate of drug-likeness (QED) is 0.175. The second-order valence-electron chi connectivity index (χ2n) is 14.9. The third-order valence-corrected chi connectivity index (χ3v) is 13.8. The number of allylic oxidation sites excluding steroid dienone is 1. The second-order valence-corrected chi connectivity index (χ2v) is 17.0. The summed E-state index contributed by atoms with van der Waals surface area (Å²) in [6.45, 7) is 0. The fourth-order valence-electron chi connectivity index (χ4n) is 8.72.